The van der Waals surface area contributed by atoms with Gasteiger partial charge in [-0.25, -0.2) is 0 Å². The summed E-state index contributed by atoms with van der Waals surface area (Å²) in [7, 11) is 0. The summed E-state index contributed by atoms with van der Waals surface area (Å²) in [6.07, 6.45) is 1.99. The van der Waals surface area contributed by atoms with Gasteiger partial charge in [0.05, 0.1) is 22.9 Å². The summed E-state index contributed by atoms with van der Waals surface area (Å²) >= 11 is 12.3. The molecule has 0 aromatic heterocycles. The predicted molar refractivity (Wildman–Crippen MR) is 215 cm³/mol. The van der Waals surface area contributed by atoms with Crippen LogP contribution >= 0.6 is 23.2 Å². The maximum Gasteiger partial charge on any atom is 0.265 e. The number of phenols is 2. The summed E-state index contributed by atoms with van der Waals surface area (Å²) < 4.78 is 11.7. The van der Waals surface area contributed by atoms with Crippen LogP contribution in [0, 0.1) is 27.7 Å². The average molecular weight is 760 g/mol. The van der Waals surface area contributed by atoms with E-state index in [4.69, 9.17) is 32.7 Å². The molecule has 1 atom stereocenters. The number of rotatable bonds is 13. The molecule has 0 saturated heterocycles. The number of anilines is 1. The minimum absolute atomic E-state index is 0.0313. The molecule has 8 nitrogen and oxygen atoms in total. The number of hydrogen-bond acceptors (Lipinski definition) is 6. The maximum atomic E-state index is 12.6. The standard InChI is InChI=1S/C23H25NO3.C20H23Cl2NO3/c1-16-9-12-21(17(2)15-16)27-14-6-5-13-24-23(26)20-11-10-18-7-3-4-8-19(18)22(20)25;1-5-13-14(21)10-15(19(24)18(13)22)23-20(25)16(6-2)26-17-8-7-11(3)9-12(17)4/h3-4,7-12,15,25H,5-6,13-14H2,1-2H3,(H,24,26);7-10,16,24H,5-6H2,1-4H3,(H,23,25). The SMILES string of the molecule is CCc1c(Cl)cc(NC(=O)C(CC)Oc2ccc(C)cc2C)c(O)c1Cl.Cc1ccc(OCCCCNC(=O)c2ccc3ccccc3c2O)c(C)c1. The number of nitrogens with one attached hydrogen (secondary N) is 2. The second kappa shape index (κ2) is 19.2. The molecule has 0 aliphatic rings. The van der Waals surface area contributed by atoms with E-state index in [1.807, 2.05) is 95.3 Å². The fraction of sp³-hybridized carbons (Fsp3) is 0.302. The number of amides is 2. The maximum absolute atomic E-state index is 12.6. The van der Waals surface area contributed by atoms with Crippen LogP contribution in [-0.4, -0.2) is 41.3 Å². The van der Waals surface area contributed by atoms with Crippen LogP contribution in [-0.2, 0) is 11.2 Å². The fourth-order valence-corrected chi connectivity index (χ4v) is 6.52. The van der Waals surface area contributed by atoms with Crippen molar-refractivity contribution in [3.05, 3.63) is 122 Å². The number of benzene rings is 5. The number of aryl methyl sites for hydroxylation is 4. The lowest BCUT2D eigenvalue weighted by Crippen LogP contribution is -2.32. The highest BCUT2D eigenvalue weighted by atomic mass is 35.5. The van der Waals surface area contributed by atoms with E-state index in [0.29, 0.717) is 53.3 Å². The first kappa shape index (κ1) is 40.8. The Morgan fingerprint density at radius 3 is 2.09 bits per heavy atom. The van der Waals surface area contributed by atoms with E-state index in [-0.39, 0.29) is 34.0 Å². The number of aromatic hydroxyl groups is 2. The van der Waals surface area contributed by atoms with Gasteiger partial charge in [0.2, 0.25) is 0 Å². The molecule has 0 heterocycles. The summed E-state index contributed by atoms with van der Waals surface area (Å²) in [6.45, 7) is 12.9. The molecule has 0 aliphatic heterocycles. The van der Waals surface area contributed by atoms with Gasteiger partial charge in [0, 0.05) is 17.0 Å². The summed E-state index contributed by atoms with van der Waals surface area (Å²) in [6, 6.07) is 24.4. The van der Waals surface area contributed by atoms with E-state index in [1.54, 1.807) is 6.07 Å². The van der Waals surface area contributed by atoms with Crippen molar-refractivity contribution < 1.29 is 29.3 Å². The number of phenolic OH excluding ortho intramolecular Hbond substituents is 2. The number of carbonyl (C=O) groups excluding carboxylic acids is 2. The van der Waals surface area contributed by atoms with Crippen molar-refractivity contribution in [1.29, 1.82) is 0 Å². The number of ether oxygens (including phenoxy) is 2. The molecule has 4 N–H and O–H groups in total. The Bertz CT molecular complexity index is 2070. The van der Waals surface area contributed by atoms with E-state index in [1.165, 1.54) is 11.6 Å². The van der Waals surface area contributed by atoms with Gasteiger partial charge in [-0.1, -0.05) is 103 Å². The molecule has 280 valence electrons. The Balaban J connectivity index is 0.000000237. The van der Waals surface area contributed by atoms with Gasteiger partial charge in [-0.2, -0.15) is 0 Å². The van der Waals surface area contributed by atoms with E-state index >= 15 is 0 Å². The number of hydrogen-bond donors (Lipinski definition) is 4. The molecule has 5 aromatic carbocycles. The quantitative estimate of drug-likeness (QED) is 0.0701. The molecule has 5 aromatic rings. The first-order valence-corrected chi connectivity index (χ1v) is 18.5. The fourth-order valence-electron chi connectivity index (χ4n) is 5.79. The Morgan fingerprint density at radius 1 is 0.792 bits per heavy atom. The Hall–Kier alpha value is -4.92. The van der Waals surface area contributed by atoms with Gasteiger partial charge in [0.1, 0.15) is 17.2 Å². The van der Waals surface area contributed by atoms with Crippen LogP contribution < -0.4 is 20.1 Å². The molecular formula is C43H48Cl2N2O6. The second-order valence-electron chi connectivity index (χ2n) is 12.9. The monoisotopic (exact) mass is 758 g/mol. The topological polar surface area (TPSA) is 117 Å². The summed E-state index contributed by atoms with van der Waals surface area (Å²) in [4.78, 5) is 25.0. The summed E-state index contributed by atoms with van der Waals surface area (Å²) in [5, 5.41) is 28.3. The van der Waals surface area contributed by atoms with Crippen LogP contribution in [0.2, 0.25) is 10.0 Å². The zero-order valence-corrected chi connectivity index (χ0v) is 32.6. The molecule has 0 bridgehead atoms. The molecule has 53 heavy (non-hydrogen) atoms. The van der Waals surface area contributed by atoms with Crippen LogP contribution in [0.4, 0.5) is 5.69 Å². The molecule has 0 spiro atoms. The van der Waals surface area contributed by atoms with E-state index in [2.05, 4.69) is 23.6 Å². The van der Waals surface area contributed by atoms with Crippen LogP contribution in [0.5, 0.6) is 23.0 Å². The predicted octanol–water partition coefficient (Wildman–Crippen LogP) is 10.4. The lowest BCUT2D eigenvalue weighted by Gasteiger charge is -2.20. The normalized spacial score (nSPS) is 11.3. The molecular weight excluding hydrogens is 711 g/mol. The summed E-state index contributed by atoms with van der Waals surface area (Å²) in [5.74, 6) is 0.768. The van der Waals surface area contributed by atoms with Crippen molar-refractivity contribution in [3.8, 4) is 23.0 Å². The number of fused-ring (bicyclic) bond motifs is 1. The van der Waals surface area contributed by atoms with Crippen molar-refractivity contribution in [2.24, 2.45) is 0 Å². The highest BCUT2D eigenvalue weighted by Crippen LogP contribution is 2.40. The van der Waals surface area contributed by atoms with Gasteiger partial charge < -0.3 is 30.3 Å². The van der Waals surface area contributed by atoms with Gasteiger partial charge in [-0.3, -0.25) is 9.59 Å². The average Bonchev–Trinajstić information content (AvgIpc) is 3.13. The first-order valence-electron chi connectivity index (χ1n) is 17.8. The van der Waals surface area contributed by atoms with Crippen molar-refractivity contribution in [2.75, 3.05) is 18.5 Å². The van der Waals surface area contributed by atoms with E-state index in [0.717, 1.165) is 40.7 Å². The zero-order chi connectivity index (χ0) is 38.7. The molecule has 0 saturated carbocycles. The van der Waals surface area contributed by atoms with Crippen LogP contribution in [0.15, 0.2) is 78.9 Å². The van der Waals surface area contributed by atoms with Crippen LogP contribution in [0.1, 0.15) is 71.3 Å². The minimum atomic E-state index is -0.709. The van der Waals surface area contributed by atoms with E-state index < -0.39 is 6.10 Å². The third kappa shape index (κ3) is 10.8. The summed E-state index contributed by atoms with van der Waals surface area (Å²) in [5.41, 5.74) is 5.55. The smallest absolute Gasteiger partial charge is 0.265 e. The molecule has 2 amide bonds. The minimum Gasteiger partial charge on any atom is -0.506 e. The largest absolute Gasteiger partial charge is 0.506 e. The number of halogens is 2. The Kier molecular flexibility index (Phi) is 14.8. The van der Waals surface area contributed by atoms with Gasteiger partial charge >= 0.3 is 0 Å². The highest BCUT2D eigenvalue weighted by molar-refractivity contribution is 6.37. The Morgan fingerprint density at radius 2 is 1.45 bits per heavy atom. The van der Waals surface area contributed by atoms with Gasteiger partial charge in [0.15, 0.2) is 11.9 Å². The highest BCUT2D eigenvalue weighted by Gasteiger charge is 2.23. The number of carbonyl (C=O) groups is 2. The molecule has 0 radical (unpaired) electrons. The van der Waals surface area contributed by atoms with Crippen molar-refractivity contribution in [1.82, 2.24) is 5.32 Å². The molecule has 10 heteroatoms. The zero-order valence-electron chi connectivity index (χ0n) is 31.1. The third-order valence-electron chi connectivity index (χ3n) is 8.75. The molecule has 0 aliphatic carbocycles. The van der Waals surface area contributed by atoms with Crippen LogP contribution in [0.25, 0.3) is 10.8 Å². The lowest BCUT2D eigenvalue weighted by molar-refractivity contribution is -0.122. The lowest BCUT2D eigenvalue weighted by atomic mass is 10.0. The van der Waals surface area contributed by atoms with Gasteiger partial charge in [0.25, 0.3) is 11.8 Å². The first-order chi connectivity index (χ1) is 25.3. The number of unbranched alkanes of at least 4 members (excludes halogenated alkanes) is 1. The third-order valence-corrected chi connectivity index (χ3v) is 9.50. The van der Waals surface area contributed by atoms with Crippen LogP contribution in [0.3, 0.4) is 0 Å². The molecule has 1 unspecified atom stereocenters. The molecule has 0 fully saturated rings. The van der Waals surface area contributed by atoms with Crippen molar-refractivity contribution in [3.63, 3.8) is 0 Å². The van der Waals surface area contributed by atoms with Crippen molar-refractivity contribution >= 4 is 51.5 Å². The molecule has 5 rings (SSSR count). The van der Waals surface area contributed by atoms with E-state index in [9.17, 15) is 19.8 Å². The van der Waals surface area contributed by atoms with Gasteiger partial charge in [-0.05, 0) is 99.7 Å². The second-order valence-corrected chi connectivity index (χ2v) is 13.7. The Labute approximate surface area is 322 Å². The van der Waals surface area contributed by atoms with Crippen molar-refractivity contribution in [2.45, 2.75) is 73.3 Å². The van der Waals surface area contributed by atoms with Gasteiger partial charge in [-0.15, -0.1) is 0 Å².